The standard InChI is InChI=1S/C16H24N2O/c1-12-3-4-14-9-15(5-6-16(14)17-12)18-8-7-13(10-18)11-19-2/h5-6,9,12-13,17H,3-4,7-8,10-11H2,1-2H3. The van der Waals surface area contributed by atoms with Gasteiger partial charge < -0.3 is 15.0 Å². The normalized spacial score (nSPS) is 26.1. The number of rotatable bonds is 3. The molecule has 104 valence electrons. The van der Waals surface area contributed by atoms with Gasteiger partial charge in [0.25, 0.3) is 0 Å². The van der Waals surface area contributed by atoms with Gasteiger partial charge in [0.1, 0.15) is 0 Å². The molecule has 1 aromatic rings. The lowest BCUT2D eigenvalue weighted by atomic mass is 9.98. The van der Waals surface area contributed by atoms with Gasteiger partial charge in [-0.3, -0.25) is 0 Å². The summed E-state index contributed by atoms with van der Waals surface area (Å²) in [5.74, 6) is 0.694. The van der Waals surface area contributed by atoms with Crippen molar-refractivity contribution < 1.29 is 4.74 Å². The number of benzene rings is 1. The molecule has 3 heteroatoms. The zero-order valence-electron chi connectivity index (χ0n) is 12.0. The van der Waals surface area contributed by atoms with Gasteiger partial charge >= 0.3 is 0 Å². The molecule has 0 aliphatic carbocycles. The van der Waals surface area contributed by atoms with Crippen molar-refractivity contribution in [2.75, 3.05) is 37.0 Å². The van der Waals surface area contributed by atoms with Gasteiger partial charge in [-0.15, -0.1) is 0 Å². The highest BCUT2D eigenvalue weighted by atomic mass is 16.5. The van der Waals surface area contributed by atoms with E-state index in [-0.39, 0.29) is 0 Å². The molecule has 1 fully saturated rings. The second kappa shape index (κ2) is 5.41. The Kier molecular flexibility index (Phi) is 3.65. The Morgan fingerprint density at radius 2 is 2.26 bits per heavy atom. The molecular weight excluding hydrogens is 236 g/mol. The van der Waals surface area contributed by atoms with Crippen molar-refractivity contribution in [2.45, 2.75) is 32.2 Å². The Morgan fingerprint density at radius 1 is 1.37 bits per heavy atom. The maximum Gasteiger partial charge on any atom is 0.0508 e. The Morgan fingerprint density at radius 3 is 3.11 bits per heavy atom. The van der Waals surface area contributed by atoms with E-state index in [1.54, 1.807) is 7.11 Å². The van der Waals surface area contributed by atoms with Gasteiger partial charge in [0.05, 0.1) is 6.61 Å². The first kappa shape index (κ1) is 12.8. The minimum Gasteiger partial charge on any atom is -0.384 e. The molecule has 2 unspecified atom stereocenters. The Bertz CT molecular complexity index is 446. The van der Waals surface area contributed by atoms with E-state index < -0.39 is 0 Å². The molecule has 1 N–H and O–H groups in total. The predicted octanol–water partition coefficient (Wildman–Crippen LogP) is 2.91. The van der Waals surface area contributed by atoms with Crippen LogP contribution >= 0.6 is 0 Å². The molecular formula is C16H24N2O. The molecule has 19 heavy (non-hydrogen) atoms. The quantitative estimate of drug-likeness (QED) is 0.904. The van der Waals surface area contributed by atoms with Crippen LogP contribution in [0.5, 0.6) is 0 Å². The third-order valence-electron chi connectivity index (χ3n) is 4.39. The Labute approximate surface area is 115 Å². The van der Waals surface area contributed by atoms with Crippen LogP contribution in [-0.2, 0) is 11.2 Å². The summed E-state index contributed by atoms with van der Waals surface area (Å²) in [5, 5.41) is 3.57. The average Bonchev–Trinajstić information content (AvgIpc) is 2.87. The van der Waals surface area contributed by atoms with E-state index >= 15 is 0 Å². The number of hydrogen-bond acceptors (Lipinski definition) is 3. The molecule has 0 radical (unpaired) electrons. The summed E-state index contributed by atoms with van der Waals surface area (Å²) in [5.41, 5.74) is 4.19. The molecule has 2 aliphatic heterocycles. The van der Waals surface area contributed by atoms with E-state index in [0.717, 1.165) is 19.7 Å². The second-order valence-corrected chi connectivity index (χ2v) is 5.98. The molecule has 2 aliphatic rings. The Hall–Kier alpha value is -1.22. The first-order valence-electron chi connectivity index (χ1n) is 7.39. The van der Waals surface area contributed by atoms with E-state index in [2.05, 4.69) is 35.3 Å². The number of anilines is 2. The van der Waals surface area contributed by atoms with Gasteiger partial charge in [-0.05, 0) is 49.9 Å². The average molecular weight is 260 g/mol. The van der Waals surface area contributed by atoms with Crippen LogP contribution in [0, 0.1) is 5.92 Å². The van der Waals surface area contributed by atoms with Gasteiger partial charge in [0.2, 0.25) is 0 Å². The van der Waals surface area contributed by atoms with Crippen molar-refractivity contribution in [3.8, 4) is 0 Å². The molecule has 0 spiro atoms. The molecule has 0 saturated carbocycles. The van der Waals surface area contributed by atoms with Crippen LogP contribution in [-0.4, -0.2) is 32.8 Å². The fourth-order valence-corrected chi connectivity index (χ4v) is 3.27. The minimum atomic E-state index is 0.608. The van der Waals surface area contributed by atoms with Crippen LogP contribution in [0.25, 0.3) is 0 Å². The lowest BCUT2D eigenvalue weighted by molar-refractivity contribution is 0.161. The van der Waals surface area contributed by atoms with Crippen LogP contribution in [0.2, 0.25) is 0 Å². The number of methoxy groups -OCH3 is 1. The lowest BCUT2D eigenvalue weighted by Crippen LogP contribution is -2.24. The summed E-state index contributed by atoms with van der Waals surface area (Å²) in [6, 6.07) is 7.50. The van der Waals surface area contributed by atoms with Gasteiger partial charge in [-0.2, -0.15) is 0 Å². The fraction of sp³-hybridized carbons (Fsp3) is 0.625. The summed E-state index contributed by atoms with van der Waals surface area (Å²) in [6.07, 6.45) is 3.69. The summed E-state index contributed by atoms with van der Waals surface area (Å²) in [7, 11) is 1.80. The van der Waals surface area contributed by atoms with E-state index in [4.69, 9.17) is 4.74 Å². The zero-order chi connectivity index (χ0) is 13.2. The fourth-order valence-electron chi connectivity index (χ4n) is 3.27. The molecule has 0 aromatic heterocycles. The molecule has 0 bridgehead atoms. The van der Waals surface area contributed by atoms with Crippen molar-refractivity contribution in [3.63, 3.8) is 0 Å². The number of aryl methyl sites for hydroxylation is 1. The van der Waals surface area contributed by atoms with Gasteiger partial charge in [-0.25, -0.2) is 0 Å². The van der Waals surface area contributed by atoms with Crippen molar-refractivity contribution in [1.29, 1.82) is 0 Å². The third kappa shape index (κ3) is 2.71. The minimum absolute atomic E-state index is 0.608. The van der Waals surface area contributed by atoms with E-state index in [0.29, 0.717) is 12.0 Å². The number of nitrogens with zero attached hydrogens (tertiary/aromatic N) is 1. The summed E-state index contributed by atoms with van der Waals surface area (Å²) >= 11 is 0. The van der Waals surface area contributed by atoms with E-state index in [9.17, 15) is 0 Å². The monoisotopic (exact) mass is 260 g/mol. The second-order valence-electron chi connectivity index (χ2n) is 5.98. The van der Waals surface area contributed by atoms with E-state index in [1.165, 1.54) is 36.2 Å². The molecule has 2 atom stereocenters. The number of ether oxygens (including phenoxy) is 1. The number of nitrogens with one attached hydrogen (secondary N) is 1. The van der Waals surface area contributed by atoms with E-state index in [1.807, 2.05) is 0 Å². The Balaban J connectivity index is 1.72. The molecule has 1 aromatic carbocycles. The maximum absolute atomic E-state index is 5.28. The van der Waals surface area contributed by atoms with Crippen LogP contribution in [0.3, 0.4) is 0 Å². The first-order chi connectivity index (χ1) is 9.26. The van der Waals surface area contributed by atoms with Crippen molar-refractivity contribution in [3.05, 3.63) is 23.8 Å². The highest BCUT2D eigenvalue weighted by Gasteiger charge is 2.23. The van der Waals surface area contributed by atoms with Gasteiger partial charge in [0, 0.05) is 43.5 Å². The third-order valence-corrected chi connectivity index (χ3v) is 4.39. The predicted molar refractivity (Wildman–Crippen MR) is 80.0 cm³/mol. The lowest BCUT2D eigenvalue weighted by Gasteiger charge is -2.26. The van der Waals surface area contributed by atoms with Crippen molar-refractivity contribution in [1.82, 2.24) is 0 Å². The molecule has 0 amide bonds. The van der Waals surface area contributed by atoms with Crippen LogP contribution in [0.1, 0.15) is 25.3 Å². The van der Waals surface area contributed by atoms with Crippen LogP contribution in [0.4, 0.5) is 11.4 Å². The molecule has 1 saturated heterocycles. The highest BCUT2D eigenvalue weighted by Crippen LogP contribution is 2.31. The van der Waals surface area contributed by atoms with Gasteiger partial charge in [0.15, 0.2) is 0 Å². The van der Waals surface area contributed by atoms with Gasteiger partial charge in [-0.1, -0.05) is 0 Å². The zero-order valence-corrected chi connectivity index (χ0v) is 12.0. The topological polar surface area (TPSA) is 24.5 Å². The molecule has 3 rings (SSSR count). The molecule has 2 heterocycles. The van der Waals surface area contributed by atoms with Crippen molar-refractivity contribution >= 4 is 11.4 Å². The largest absolute Gasteiger partial charge is 0.384 e. The number of fused-ring (bicyclic) bond motifs is 1. The maximum atomic E-state index is 5.28. The highest BCUT2D eigenvalue weighted by molar-refractivity contribution is 5.62. The molecule has 3 nitrogen and oxygen atoms in total. The smallest absolute Gasteiger partial charge is 0.0508 e. The summed E-state index contributed by atoms with van der Waals surface area (Å²) in [4.78, 5) is 2.50. The van der Waals surface area contributed by atoms with Crippen LogP contribution < -0.4 is 10.2 Å². The first-order valence-corrected chi connectivity index (χ1v) is 7.39. The van der Waals surface area contributed by atoms with Crippen molar-refractivity contribution in [2.24, 2.45) is 5.92 Å². The summed E-state index contributed by atoms with van der Waals surface area (Å²) in [6.45, 7) is 5.44. The van der Waals surface area contributed by atoms with Crippen LogP contribution in [0.15, 0.2) is 18.2 Å². The summed E-state index contributed by atoms with van der Waals surface area (Å²) < 4.78 is 5.28. The number of hydrogen-bond donors (Lipinski definition) is 1. The SMILES string of the molecule is COCC1CCN(c2ccc3c(c2)CCC(C)N3)C1.